The van der Waals surface area contributed by atoms with Crippen molar-refractivity contribution in [2.45, 2.75) is 26.3 Å². The molecule has 1 unspecified atom stereocenters. The maximum atomic E-state index is 10.6. The lowest BCUT2D eigenvalue weighted by Gasteiger charge is -2.12. The van der Waals surface area contributed by atoms with E-state index in [-0.39, 0.29) is 18.2 Å². The number of rotatable bonds is 5. The highest BCUT2D eigenvalue weighted by molar-refractivity contribution is 5.68. The highest BCUT2D eigenvalue weighted by Gasteiger charge is 2.13. The van der Waals surface area contributed by atoms with Gasteiger partial charge in [-0.3, -0.25) is 14.9 Å². The predicted molar refractivity (Wildman–Crippen MR) is 61.0 cm³/mol. The van der Waals surface area contributed by atoms with Crippen LogP contribution < -0.4 is 5.32 Å². The van der Waals surface area contributed by atoms with Crippen LogP contribution in [0.25, 0.3) is 0 Å². The summed E-state index contributed by atoms with van der Waals surface area (Å²) in [5.74, 6) is -0.481. The van der Waals surface area contributed by atoms with E-state index in [0.29, 0.717) is 11.4 Å². The Bertz CT molecular complexity index is 447. The molecule has 0 fully saturated rings. The van der Waals surface area contributed by atoms with Crippen molar-refractivity contribution in [2.24, 2.45) is 0 Å². The Morgan fingerprint density at radius 2 is 2.35 bits per heavy atom. The third-order valence-electron chi connectivity index (χ3n) is 2.15. The van der Waals surface area contributed by atoms with Crippen LogP contribution in [0.15, 0.2) is 12.3 Å². The zero-order chi connectivity index (χ0) is 13.0. The fourth-order valence-corrected chi connectivity index (χ4v) is 1.38. The molecule has 1 heterocycles. The Balaban J connectivity index is 2.77. The van der Waals surface area contributed by atoms with Crippen molar-refractivity contribution in [2.75, 3.05) is 5.32 Å². The van der Waals surface area contributed by atoms with Crippen molar-refractivity contribution in [3.8, 4) is 0 Å². The molecule has 1 atom stereocenters. The van der Waals surface area contributed by atoms with Gasteiger partial charge in [-0.05, 0) is 19.9 Å². The monoisotopic (exact) mass is 239 g/mol. The summed E-state index contributed by atoms with van der Waals surface area (Å²) in [5, 5.41) is 22.0. The van der Waals surface area contributed by atoms with Crippen LogP contribution in [0.1, 0.15) is 18.9 Å². The largest absolute Gasteiger partial charge is 0.481 e. The second-order valence-electron chi connectivity index (χ2n) is 3.76. The number of carbonyl (C=O) groups is 1. The zero-order valence-corrected chi connectivity index (χ0v) is 9.51. The summed E-state index contributed by atoms with van der Waals surface area (Å²) in [6, 6.07) is 1.23. The van der Waals surface area contributed by atoms with Crippen LogP contribution in [0.2, 0.25) is 0 Å². The molecule has 7 heteroatoms. The second-order valence-corrected chi connectivity index (χ2v) is 3.76. The van der Waals surface area contributed by atoms with Crippen molar-refractivity contribution in [1.29, 1.82) is 0 Å². The molecule has 17 heavy (non-hydrogen) atoms. The normalized spacial score (nSPS) is 11.9. The maximum Gasteiger partial charge on any atom is 0.305 e. The first-order valence-electron chi connectivity index (χ1n) is 4.99. The van der Waals surface area contributed by atoms with Crippen molar-refractivity contribution >= 4 is 17.5 Å². The van der Waals surface area contributed by atoms with Gasteiger partial charge in [0.15, 0.2) is 0 Å². The summed E-state index contributed by atoms with van der Waals surface area (Å²) in [4.78, 5) is 24.4. The van der Waals surface area contributed by atoms with Gasteiger partial charge >= 0.3 is 5.97 Å². The van der Waals surface area contributed by atoms with Gasteiger partial charge in [0.05, 0.1) is 11.3 Å². The van der Waals surface area contributed by atoms with Gasteiger partial charge in [-0.2, -0.15) is 0 Å². The Hall–Kier alpha value is -2.18. The number of nitro groups is 1. The Morgan fingerprint density at radius 3 is 2.82 bits per heavy atom. The fourth-order valence-electron chi connectivity index (χ4n) is 1.38. The lowest BCUT2D eigenvalue weighted by atomic mass is 10.2. The Kier molecular flexibility index (Phi) is 3.97. The van der Waals surface area contributed by atoms with Gasteiger partial charge in [-0.15, -0.1) is 0 Å². The van der Waals surface area contributed by atoms with Crippen LogP contribution in [-0.4, -0.2) is 27.0 Å². The molecule has 0 bridgehead atoms. The molecule has 1 aromatic rings. The van der Waals surface area contributed by atoms with Crippen molar-refractivity contribution in [3.05, 3.63) is 27.9 Å². The standard InChI is InChI=1S/C10H13N3O4/c1-6-3-9(11-5-8(6)13(16)17)12-7(2)4-10(14)15/h3,5,7H,4H2,1-2H3,(H,11,12)(H,14,15). The van der Waals surface area contributed by atoms with Crippen LogP contribution in [0.4, 0.5) is 11.5 Å². The summed E-state index contributed by atoms with van der Waals surface area (Å²) in [7, 11) is 0. The van der Waals surface area contributed by atoms with Gasteiger partial charge in [0.1, 0.15) is 12.0 Å². The minimum absolute atomic E-state index is 0.0439. The molecule has 92 valence electrons. The Morgan fingerprint density at radius 1 is 1.71 bits per heavy atom. The molecule has 0 spiro atoms. The maximum absolute atomic E-state index is 10.6. The topological polar surface area (TPSA) is 105 Å². The molecule has 0 aliphatic carbocycles. The first-order valence-corrected chi connectivity index (χ1v) is 4.99. The minimum Gasteiger partial charge on any atom is -0.481 e. The summed E-state index contributed by atoms with van der Waals surface area (Å²) >= 11 is 0. The van der Waals surface area contributed by atoms with Gasteiger partial charge in [-0.1, -0.05) is 0 Å². The second kappa shape index (κ2) is 5.24. The molecule has 0 aliphatic rings. The fraction of sp³-hybridized carbons (Fsp3) is 0.400. The number of aryl methyl sites for hydroxylation is 1. The molecule has 0 aliphatic heterocycles. The van der Waals surface area contributed by atoms with E-state index in [0.717, 1.165) is 6.20 Å². The quantitative estimate of drug-likeness (QED) is 0.596. The van der Waals surface area contributed by atoms with Crippen LogP contribution in [0.3, 0.4) is 0 Å². The van der Waals surface area contributed by atoms with Gasteiger partial charge in [0.25, 0.3) is 5.69 Å². The summed E-state index contributed by atoms with van der Waals surface area (Å²) < 4.78 is 0. The average molecular weight is 239 g/mol. The molecule has 1 rings (SSSR count). The smallest absolute Gasteiger partial charge is 0.305 e. The van der Waals surface area contributed by atoms with Gasteiger partial charge < -0.3 is 10.4 Å². The van der Waals surface area contributed by atoms with Crippen LogP contribution in [0, 0.1) is 17.0 Å². The number of aromatic nitrogens is 1. The van der Waals surface area contributed by atoms with Gasteiger partial charge in [0.2, 0.25) is 0 Å². The van der Waals surface area contributed by atoms with E-state index in [1.807, 2.05) is 0 Å². The van der Waals surface area contributed by atoms with Crippen molar-refractivity contribution in [1.82, 2.24) is 4.98 Å². The third-order valence-corrected chi connectivity index (χ3v) is 2.15. The molecule has 0 aromatic carbocycles. The highest BCUT2D eigenvalue weighted by Crippen LogP contribution is 2.19. The number of aliphatic carboxylic acids is 1. The molecule has 0 radical (unpaired) electrons. The number of anilines is 1. The first kappa shape index (κ1) is 12.9. The van der Waals surface area contributed by atoms with E-state index < -0.39 is 10.9 Å². The number of nitrogens with zero attached hydrogens (tertiary/aromatic N) is 2. The van der Waals surface area contributed by atoms with E-state index in [1.54, 1.807) is 13.8 Å². The summed E-state index contributed by atoms with van der Waals surface area (Å²) in [6.45, 7) is 3.30. The predicted octanol–water partition coefficient (Wildman–Crippen LogP) is 1.57. The zero-order valence-electron chi connectivity index (χ0n) is 9.51. The minimum atomic E-state index is -0.913. The highest BCUT2D eigenvalue weighted by atomic mass is 16.6. The van der Waals surface area contributed by atoms with Gasteiger partial charge in [0, 0.05) is 11.6 Å². The SMILES string of the molecule is Cc1cc(NC(C)CC(=O)O)ncc1[N+](=O)[O-]. The average Bonchev–Trinajstić information content (AvgIpc) is 2.15. The lowest BCUT2D eigenvalue weighted by Crippen LogP contribution is -2.20. The molecule has 2 N–H and O–H groups in total. The van der Waals surface area contributed by atoms with Gasteiger partial charge in [-0.25, -0.2) is 4.98 Å². The van der Waals surface area contributed by atoms with Crippen LogP contribution >= 0.6 is 0 Å². The van der Waals surface area contributed by atoms with Crippen molar-refractivity contribution < 1.29 is 14.8 Å². The molecular formula is C10H13N3O4. The summed E-state index contributed by atoms with van der Waals surface area (Å²) in [5.41, 5.74) is 0.427. The molecule has 0 amide bonds. The van der Waals surface area contributed by atoms with E-state index in [2.05, 4.69) is 10.3 Å². The number of carboxylic acid groups (broad SMARTS) is 1. The number of hydrogen-bond donors (Lipinski definition) is 2. The first-order chi connectivity index (χ1) is 7.90. The summed E-state index contributed by atoms with van der Waals surface area (Å²) in [6.07, 6.45) is 1.11. The van der Waals surface area contributed by atoms with E-state index in [9.17, 15) is 14.9 Å². The Labute approximate surface area is 97.6 Å². The molecule has 1 aromatic heterocycles. The number of nitrogens with one attached hydrogen (secondary N) is 1. The lowest BCUT2D eigenvalue weighted by molar-refractivity contribution is -0.385. The molecular weight excluding hydrogens is 226 g/mol. The van der Waals surface area contributed by atoms with Crippen LogP contribution in [0.5, 0.6) is 0 Å². The molecule has 0 saturated carbocycles. The number of pyridine rings is 1. The number of hydrogen-bond acceptors (Lipinski definition) is 5. The molecule has 0 saturated heterocycles. The molecule has 7 nitrogen and oxygen atoms in total. The van der Waals surface area contributed by atoms with E-state index in [1.165, 1.54) is 6.07 Å². The van der Waals surface area contributed by atoms with Crippen molar-refractivity contribution in [3.63, 3.8) is 0 Å². The van der Waals surface area contributed by atoms with E-state index >= 15 is 0 Å². The van der Waals surface area contributed by atoms with E-state index in [4.69, 9.17) is 5.11 Å². The third kappa shape index (κ3) is 3.71. The van der Waals surface area contributed by atoms with Crippen LogP contribution in [-0.2, 0) is 4.79 Å². The number of carboxylic acids is 1.